The van der Waals surface area contributed by atoms with E-state index in [4.69, 9.17) is 9.47 Å². The summed E-state index contributed by atoms with van der Waals surface area (Å²) in [6, 6.07) is 18.8. The third-order valence-corrected chi connectivity index (χ3v) is 7.95. The Balaban J connectivity index is 1.62. The molecule has 7 nitrogen and oxygen atoms in total. The van der Waals surface area contributed by atoms with Crippen LogP contribution in [-0.2, 0) is 34.3 Å². The molecule has 0 saturated carbocycles. The van der Waals surface area contributed by atoms with Gasteiger partial charge >= 0.3 is 0 Å². The van der Waals surface area contributed by atoms with Crippen LogP contribution in [0.1, 0.15) is 22.3 Å². The Morgan fingerprint density at radius 1 is 1.00 bits per heavy atom. The molecule has 34 heavy (non-hydrogen) atoms. The number of carbonyl (C=O) groups is 1. The normalized spacial score (nSPS) is 15.9. The number of nitrogens with one attached hydrogen (secondary N) is 1. The summed E-state index contributed by atoms with van der Waals surface area (Å²) < 4.78 is 39.1. The third-order valence-electron chi connectivity index (χ3n) is 6.08. The lowest BCUT2D eigenvalue weighted by Gasteiger charge is -2.35. The summed E-state index contributed by atoms with van der Waals surface area (Å²) in [6.45, 7) is 2.23. The van der Waals surface area contributed by atoms with Gasteiger partial charge in [0, 0.05) is 24.7 Å². The highest BCUT2D eigenvalue weighted by Crippen LogP contribution is 2.30. The lowest BCUT2D eigenvalue weighted by molar-refractivity contribution is -0.125. The van der Waals surface area contributed by atoms with Gasteiger partial charge in [0.1, 0.15) is 17.5 Å². The van der Waals surface area contributed by atoms with Gasteiger partial charge in [0.15, 0.2) is 0 Å². The summed E-state index contributed by atoms with van der Waals surface area (Å²) in [6.07, 6.45) is 0.298. The highest BCUT2D eigenvalue weighted by Gasteiger charge is 2.39. The Kier molecular flexibility index (Phi) is 6.90. The Labute approximate surface area is 200 Å². The summed E-state index contributed by atoms with van der Waals surface area (Å²) in [7, 11) is -0.770. The third kappa shape index (κ3) is 4.78. The van der Waals surface area contributed by atoms with Gasteiger partial charge in [-0.15, -0.1) is 0 Å². The first-order chi connectivity index (χ1) is 16.3. The first-order valence-corrected chi connectivity index (χ1v) is 12.4. The van der Waals surface area contributed by atoms with Gasteiger partial charge < -0.3 is 14.8 Å². The molecule has 0 bridgehead atoms. The van der Waals surface area contributed by atoms with E-state index in [1.165, 1.54) is 4.31 Å². The van der Waals surface area contributed by atoms with Crippen molar-refractivity contribution in [1.29, 1.82) is 0 Å². The molecule has 1 aliphatic heterocycles. The van der Waals surface area contributed by atoms with Crippen molar-refractivity contribution >= 4 is 15.9 Å². The zero-order valence-electron chi connectivity index (χ0n) is 19.4. The maximum atomic E-state index is 13.6. The quantitative estimate of drug-likeness (QED) is 0.560. The summed E-state index contributed by atoms with van der Waals surface area (Å²) >= 11 is 0. The van der Waals surface area contributed by atoms with Crippen LogP contribution in [-0.4, -0.2) is 38.9 Å². The molecular weight excluding hydrogens is 452 g/mol. The Morgan fingerprint density at radius 3 is 2.38 bits per heavy atom. The molecule has 1 aliphatic rings. The number of carbonyl (C=O) groups excluding carboxylic acids is 1. The molecule has 8 heteroatoms. The Bertz CT molecular complexity index is 1290. The van der Waals surface area contributed by atoms with Crippen molar-refractivity contribution < 1.29 is 22.7 Å². The predicted octanol–water partition coefficient (Wildman–Crippen LogP) is 3.44. The smallest absolute Gasteiger partial charge is 0.244 e. The van der Waals surface area contributed by atoms with E-state index in [0.29, 0.717) is 17.9 Å². The maximum Gasteiger partial charge on any atom is 0.244 e. The fourth-order valence-corrected chi connectivity index (χ4v) is 5.68. The number of rotatable bonds is 7. The summed E-state index contributed by atoms with van der Waals surface area (Å²) in [4.78, 5) is 13.5. The van der Waals surface area contributed by atoms with E-state index in [0.717, 1.165) is 22.3 Å². The van der Waals surface area contributed by atoms with Crippen LogP contribution in [0, 0.1) is 6.92 Å². The van der Waals surface area contributed by atoms with Crippen LogP contribution in [0.25, 0.3) is 0 Å². The summed E-state index contributed by atoms with van der Waals surface area (Å²) in [5, 5.41) is 2.91. The molecule has 1 atom stereocenters. The number of benzene rings is 3. The SMILES string of the molecule is COc1ccc(CNC(=O)[C@@H]2Cc3ccccc3CN2S(=O)(=O)c2ccc(C)cc2)c(OC)c1. The molecule has 1 N–H and O–H groups in total. The number of nitrogens with zero attached hydrogens (tertiary/aromatic N) is 1. The van der Waals surface area contributed by atoms with Gasteiger partial charge in [0.2, 0.25) is 15.9 Å². The highest BCUT2D eigenvalue weighted by molar-refractivity contribution is 7.89. The first kappa shape index (κ1) is 23.8. The van der Waals surface area contributed by atoms with Crippen molar-refractivity contribution in [3.63, 3.8) is 0 Å². The topological polar surface area (TPSA) is 84.9 Å². The molecule has 1 amide bonds. The molecule has 0 aromatic heterocycles. The number of aryl methyl sites for hydroxylation is 1. The van der Waals surface area contributed by atoms with Gasteiger partial charge in [-0.05, 0) is 48.7 Å². The number of fused-ring (bicyclic) bond motifs is 1. The van der Waals surface area contributed by atoms with E-state index in [1.807, 2.05) is 37.3 Å². The van der Waals surface area contributed by atoms with E-state index in [9.17, 15) is 13.2 Å². The molecule has 0 unspecified atom stereocenters. The molecule has 0 radical (unpaired) electrons. The second-order valence-corrected chi connectivity index (χ2v) is 10.1. The average molecular weight is 481 g/mol. The minimum Gasteiger partial charge on any atom is -0.497 e. The van der Waals surface area contributed by atoms with Crippen molar-refractivity contribution in [2.24, 2.45) is 0 Å². The lowest BCUT2D eigenvalue weighted by atomic mass is 9.95. The predicted molar refractivity (Wildman–Crippen MR) is 129 cm³/mol. The fourth-order valence-electron chi connectivity index (χ4n) is 4.12. The van der Waals surface area contributed by atoms with Gasteiger partial charge in [-0.2, -0.15) is 4.31 Å². The second-order valence-electron chi connectivity index (χ2n) is 8.25. The van der Waals surface area contributed by atoms with Crippen molar-refractivity contribution in [3.05, 3.63) is 89.0 Å². The van der Waals surface area contributed by atoms with Crippen LogP contribution < -0.4 is 14.8 Å². The Hall–Kier alpha value is -3.36. The van der Waals surface area contributed by atoms with E-state index >= 15 is 0 Å². The van der Waals surface area contributed by atoms with Crippen molar-refractivity contribution in [3.8, 4) is 11.5 Å². The van der Waals surface area contributed by atoms with Gasteiger partial charge in [-0.25, -0.2) is 8.42 Å². The molecule has 0 aliphatic carbocycles. The van der Waals surface area contributed by atoms with Crippen LogP contribution in [0.2, 0.25) is 0 Å². The van der Waals surface area contributed by atoms with Gasteiger partial charge in [-0.3, -0.25) is 4.79 Å². The second kappa shape index (κ2) is 9.87. The van der Waals surface area contributed by atoms with Gasteiger partial charge in [-0.1, -0.05) is 42.0 Å². The van der Waals surface area contributed by atoms with E-state index in [2.05, 4.69) is 5.32 Å². The van der Waals surface area contributed by atoms with Crippen molar-refractivity contribution in [2.75, 3.05) is 14.2 Å². The maximum absolute atomic E-state index is 13.6. The van der Waals surface area contributed by atoms with Crippen LogP contribution in [0.5, 0.6) is 11.5 Å². The molecule has 4 rings (SSSR count). The summed E-state index contributed by atoms with van der Waals surface area (Å²) in [5.41, 5.74) is 3.60. The number of ether oxygens (including phenoxy) is 2. The van der Waals surface area contributed by atoms with Crippen LogP contribution >= 0.6 is 0 Å². The molecular formula is C26H28N2O5S. The monoisotopic (exact) mass is 480 g/mol. The fraction of sp³-hybridized carbons (Fsp3) is 0.269. The summed E-state index contributed by atoms with van der Waals surface area (Å²) in [5.74, 6) is 0.868. The van der Waals surface area contributed by atoms with Crippen LogP contribution in [0.4, 0.5) is 0 Å². The van der Waals surface area contributed by atoms with Crippen LogP contribution in [0.3, 0.4) is 0 Å². The molecule has 0 fully saturated rings. The minimum atomic E-state index is -3.89. The van der Waals surface area contributed by atoms with E-state index in [1.54, 1.807) is 50.6 Å². The lowest BCUT2D eigenvalue weighted by Crippen LogP contribution is -2.52. The van der Waals surface area contributed by atoms with Gasteiger partial charge in [0.05, 0.1) is 19.1 Å². The molecule has 178 valence electrons. The van der Waals surface area contributed by atoms with E-state index in [-0.39, 0.29) is 23.9 Å². The number of amides is 1. The van der Waals surface area contributed by atoms with Crippen LogP contribution in [0.15, 0.2) is 71.6 Å². The highest BCUT2D eigenvalue weighted by atomic mass is 32.2. The number of hydrogen-bond acceptors (Lipinski definition) is 5. The number of methoxy groups -OCH3 is 2. The van der Waals surface area contributed by atoms with Crippen molar-refractivity contribution in [1.82, 2.24) is 9.62 Å². The molecule has 3 aromatic carbocycles. The number of sulfonamides is 1. The molecule has 1 heterocycles. The first-order valence-electron chi connectivity index (χ1n) is 11.0. The molecule has 3 aromatic rings. The molecule has 0 spiro atoms. The minimum absolute atomic E-state index is 0.135. The Morgan fingerprint density at radius 2 is 1.71 bits per heavy atom. The molecule has 0 saturated heterocycles. The van der Waals surface area contributed by atoms with Gasteiger partial charge in [0.25, 0.3) is 0 Å². The zero-order chi connectivity index (χ0) is 24.3. The number of hydrogen-bond donors (Lipinski definition) is 1. The largest absolute Gasteiger partial charge is 0.497 e. The van der Waals surface area contributed by atoms with Crippen molar-refractivity contribution in [2.45, 2.75) is 37.4 Å². The van der Waals surface area contributed by atoms with E-state index < -0.39 is 16.1 Å². The average Bonchev–Trinajstić information content (AvgIpc) is 2.86. The standard InChI is InChI=1S/C26H28N2O5S/c1-18-8-12-23(13-9-18)34(30,31)28-17-21-7-5-4-6-19(21)14-24(28)26(29)27-16-20-10-11-22(32-2)15-25(20)33-3/h4-13,15,24H,14,16-17H2,1-3H3,(H,27,29)/t24-/m0/s1. The zero-order valence-corrected chi connectivity index (χ0v) is 20.3.